The summed E-state index contributed by atoms with van der Waals surface area (Å²) in [7, 11) is 0. The summed E-state index contributed by atoms with van der Waals surface area (Å²) in [5.41, 5.74) is 0. The summed E-state index contributed by atoms with van der Waals surface area (Å²) >= 11 is 2.02. The Morgan fingerprint density at radius 2 is 1.00 bits per heavy atom. The fourth-order valence-electron chi connectivity index (χ4n) is 1.07. The maximum atomic E-state index is 2.26. The summed E-state index contributed by atoms with van der Waals surface area (Å²) in [4.78, 5) is 0. The van der Waals surface area contributed by atoms with Gasteiger partial charge in [-0.25, -0.2) is 0 Å². The number of benzene rings is 2. The minimum absolute atomic E-state index is 0.535. The van der Waals surface area contributed by atoms with Crippen LogP contribution in [0.3, 0.4) is 0 Å². The SMILES string of the molecule is c1ccc([Se][As][Se]c2ccccc2)cc1. The Hall–Kier alpha value is 0.0374. The predicted molar refractivity (Wildman–Crippen MR) is 69.4 cm³/mol. The van der Waals surface area contributed by atoms with Gasteiger partial charge in [0.25, 0.3) is 0 Å². The average Bonchev–Trinajstić information content (AvgIpc) is 2.32. The van der Waals surface area contributed by atoms with Crippen molar-refractivity contribution in [3.8, 4) is 0 Å². The average molecular weight is 387 g/mol. The molecular weight excluding hydrogens is 377 g/mol. The molecule has 0 atom stereocenters. The van der Waals surface area contributed by atoms with Crippen LogP contribution in [0.15, 0.2) is 60.7 Å². The van der Waals surface area contributed by atoms with Gasteiger partial charge in [-0.1, -0.05) is 0 Å². The van der Waals surface area contributed by atoms with Crippen LogP contribution in [-0.4, -0.2) is 37.9 Å². The van der Waals surface area contributed by atoms with E-state index in [0.29, 0.717) is 12.0 Å². The fraction of sp³-hybridized carbons (Fsp3) is 0. The Kier molecular flexibility index (Phi) is 5.06. The zero-order chi connectivity index (χ0) is 10.3. The molecule has 0 saturated carbocycles. The summed E-state index contributed by atoms with van der Waals surface area (Å²) in [6.07, 6.45) is 0. The second kappa shape index (κ2) is 6.58. The topological polar surface area (TPSA) is 0 Å². The van der Waals surface area contributed by atoms with E-state index >= 15 is 0 Å². The van der Waals surface area contributed by atoms with Crippen molar-refractivity contribution < 1.29 is 0 Å². The molecular formula is C12H10AsSe2. The molecule has 0 spiro atoms. The van der Waals surface area contributed by atoms with Crippen molar-refractivity contribution in [1.29, 1.82) is 0 Å². The first-order chi connectivity index (χ1) is 7.45. The van der Waals surface area contributed by atoms with Gasteiger partial charge in [0.15, 0.2) is 0 Å². The van der Waals surface area contributed by atoms with Gasteiger partial charge in [-0.05, 0) is 0 Å². The Balaban J connectivity index is 1.81. The van der Waals surface area contributed by atoms with Crippen molar-refractivity contribution in [3.05, 3.63) is 60.7 Å². The van der Waals surface area contributed by atoms with Gasteiger partial charge >= 0.3 is 107 Å². The number of rotatable bonds is 4. The molecule has 0 N–H and O–H groups in total. The van der Waals surface area contributed by atoms with Crippen LogP contribution in [0.25, 0.3) is 0 Å². The molecule has 15 heavy (non-hydrogen) atoms. The molecule has 2 rings (SSSR count). The van der Waals surface area contributed by atoms with Gasteiger partial charge in [0.05, 0.1) is 0 Å². The first-order valence-electron chi connectivity index (χ1n) is 4.59. The van der Waals surface area contributed by atoms with Gasteiger partial charge in [0, 0.05) is 0 Å². The molecule has 75 valence electrons. The van der Waals surface area contributed by atoms with E-state index in [1.54, 1.807) is 8.92 Å². The van der Waals surface area contributed by atoms with E-state index < -0.39 is 0 Å². The Labute approximate surface area is 107 Å². The molecule has 2 aromatic carbocycles. The molecule has 1 radical (unpaired) electrons. The zero-order valence-corrected chi connectivity index (χ0v) is 13.3. The van der Waals surface area contributed by atoms with Gasteiger partial charge < -0.3 is 0 Å². The summed E-state index contributed by atoms with van der Waals surface area (Å²) in [5.74, 6) is 0. The summed E-state index contributed by atoms with van der Waals surface area (Å²) < 4.78 is 3.12. The Morgan fingerprint density at radius 1 is 0.600 bits per heavy atom. The van der Waals surface area contributed by atoms with Crippen LogP contribution in [0, 0.1) is 0 Å². The van der Waals surface area contributed by atoms with Gasteiger partial charge in [-0.15, -0.1) is 0 Å². The summed E-state index contributed by atoms with van der Waals surface area (Å²) in [5, 5.41) is 0. The van der Waals surface area contributed by atoms with Crippen molar-refractivity contribution in [1.82, 2.24) is 0 Å². The maximum absolute atomic E-state index is 2.26. The molecule has 3 heteroatoms. The van der Waals surface area contributed by atoms with Crippen LogP contribution in [0.4, 0.5) is 0 Å². The third-order valence-corrected chi connectivity index (χ3v) is 18.8. The van der Waals surface area contributed by atoms with Crippen molar-refractivity contribution in [2.45, 2.75) is 0 Å². The van der Waals surface area contributed by atoms with Crippen molar-refractivity contribution in [3.63, 3.8) is 0 Å². The minimum atomic E-state index is 0.535. The first kappa shape index (κ1) is 11.5. The summed E-state index contributed by atoms with van der Waals surface area (Å²) in [6, 6.07) is 21.8. The molecule has 0 fully saturated rings. The molecule has 0 aliphatic heterocycles. The van der Waals surface area contributed by atoms with E-state index in [0.717, 1.165) is 25.9 Å². The van der Waals surface area contributed by atoms with E-state index in [9.17, 15) is 0 Å². The monoisotopic (exact) mass is 389 g/mol. The van der Waals surface area contributed by atoms with Crippen molar-refractivity contribution in [2.75, 3.05) is 0 Å². The first-order valence-corrected chi connectivity index (χ1v) is 15.8. The second-order valence-electron chi connectivity index (χ2n) is 2.88. The zero-order valence-electron chi connectivity index (χ0n) is 8.04. The predicted octanol–water partition coefficient (Wildman–Crippen LogP) is 0.580. The van der Waals surface area contributed by atoms with E-state index in [-0.39, 0.29) is 0 Å². The third kappa shape index (κ3) is 4.19. The van der Waals surface area contributed by atoms with E-state index in [4.69, 9.17) is 0 Å². The quantitative estimate of drug-likeness (QED) is 0.674. The van der Waals surface area contributed by atoms with Crippen LogP contribution >= 0.6 is 0 Å². The fourth-order valence-corrected chi connectivity index (χ4v) is 19.5. The molecule has 0 bridgehead atoms. The van der Waals surface area contributed by atoms with Crippen LogP contribution in [0.2, 0.25) is 0 Å². The van der Waals surface area contributed by atoms with Crippen LogP contribution in [0.5, 0.6) is 0 Å². The van der Waals surface area contributed by atoms with Crippen LogP contribution in [0.1, 0.15) is 0 Å². The molecule has 0 saturated heterocycles. The van der Waals surface area contributed by atoms with Gasteiger partial charge in [-0.3, -0.25) is 0 Å². The van der Waals surface area contributed by atoms with Crippen molar-refractivity contribution in [2.24, 2.45) is 0 Å². The van der Waals surface area contributed by atoms with E-state index in [2.05, 4.69) is 60.7 Å². The second-order valence-corrected chi connectivity index (χ2v) is 20.0. The molecule has 2 aromatic rings. The third-order valence-electron chi connectivity index (χ3n) is 1.77. The normalized spacial score (nSPS) is 10.1. The van der Waals surface area contributed by atoms with Crippen molar-refractivity contribution >= 4 is 46.8 Å². The van der Waals surface area contributed by atoms with Gasteiger partial charge in [0.1, 0.15) is 0 Å². The molecule has 0 aromatic heterocycles. The number of hydrogen-bond acceptors (Lipinski definition) is 0. The standard InChI is InChI=1S/C12H10AsSe2/c1-3-7-11(8-4-1)14-13-15-12-9-5-2-6-10-12/h1-10H. The Morgan fingerprint density at radius 3 is 1.40 bits per heavy atom. The van der Waals surface area contributed by atoms with Crippen LogP contribution in [-0.2, 0) is 0 Å². The molecule has 0 unspecified atom stereocenters. The number of hydrogen-bond donors (Lipinski definition) is 0. The van der Waals surface area contributed by atoms with Crippen LogP contribution < -0.4 is 8.92 Å². The molecule has 0 amide bonds. The van der Waals surface area contributed by atoms with Gasteiger partial charge in [-0.2, -0.15) is 0 Å². The summed E-state index contributed by atoms with van der Waals surface area (Å²) in [6.45, 7) is 0. The Bertz CT molecular complexity index is 349. The molecule has 0 aliphatic carbocycles. The molecule has 0 nitrogen and oxygen atoms in total. The van der Waals surface area contributed by atoms with Gasteiger partial charge in [0.2, 0.25) is 0 Å². The molecule has 0 heterocycles. The van der Waals surface area contributed by atoms with E-state index in [1.807, 2.05) is 0 Å². The molecule has 0 aliphatic rings. The van der Waals surface area contributed by atoms with E-state index in [1.165, 1.54) is 0 Å².